The standard InChI is InChI=1S/C22H22N2O6/c1-28-14-6-8-17(19(11-14)29-2)20(25)23-13-5-7-16-18(10-13)22(27)24(21(16)26)12-15-4-3-9-30-15/h5-8,10-11,15H,3-4,9,12H2,1-2H3,(H,23,25). The maximum Gasteiger partial charge on any atom is 0.261 e. The molecule has 30 heavy (non-hydrogen) atoms. The second-order valence-electron chi connectivity index (χ2n) is 7.14. The third-order valence-electron chi connectivity index (χ3n) is 5.29. The van der Waals surface area contributed by atoms with Crippen LogP contribution in [0.1, 0.15) is 43.9 Å². The van der Waals surface area contributed by atoms with Crippen molar-refractivity contribution in [2.45, 2.75) is 18.9 Å². The van der Waals surface area contributed by atoms with Gasteiger partial charge >= 0.3 is 0 Å². The first-order valence-corrected chi connectivity index (χ1v) is 9.67. The van der Waals surface area contributed by atoms with Crippen molar-refractivity contribution in [1.82, 2.24) is 4.90 Å². The maximum atomic E-state index is 12.8. The molecule has 8 nitrogen and oxygen atoms in total. The minimum atomic E-state index is -0.401. The molecule has 0 spiro atoms. The zero-order chi connectivity index (χ0) is 21.3. The van der Waals surface area contributed by atoms with Crippen LogP contribution in [-0.4, -0.2) is 56.1 Å². The molecule has 0 radical (unpaired) electrons. The van der Waals surface area contributed by atoms with Crippen LogP contribution in [0.15, 0.2) is 36.4 Å². The molecule has 4 rings (SSSR count). The van der Waals surface area contributed by atoms with Crippen LogP contribution in [0.4, 0.5) is 5.69 Å². The zero-order valence-corrected chi connectivity index (χ0v) is 16.8. The molecule has 1 fully saturated rings. The third kappa shape index (κ3) is 3.61. The van der Waals surface area contributed by atoms with Crippen LogP contribution in [0, 0.1) is 0 Å². The van der Waals surface area contributed by atoms with Crippen molar-refractivity contribution < 1.29 is 28.6 Å². The number of methoxy groups -OCH3 is 2. The van der Waals surface area contributed by atoms with E-state index in [0.29, 0.717) is 34.9 Å². The number of hydrogen-bond donors (Lipinski definition) is 1. The van der Waals surface area contributed by atoms with Gasteiger partial charge in [0.15, 0.2) is 0 Å². The Kier molecular flexibility index (Phi) is 5.41. The van der Waals surface area contributed by atoms with E-state index in [1.165, 1.54) is 25.2 Å². The third-order valence-corrected chi connectivity index (χ3v) is 5.29. The summed E-state index contributed by atoms with van der Waals surface area (Å²) in [5, 5.41) is 2.76. The van der Waals surface area contributed by atoms with Gasteiger partial charge in [0.1, 0.15) is 11.5 Å². The van der Waals surface area contributed by atoms with E-state index in [2.05, 4.69) is 5.32 Å². The highest BCUT2D eigenvalue weighted by Gasteiger charge is 2.37. The molecule has 1 unspecified atom stereocenters. The average molecular weight is 410 g/mol. The summed E-state index contributed by atoms with van der Waals surface area (Å²) in [5.41, 5.74) is 1.34. The molecule has 1 saturated heterocycles. The van der Waals surface area contributed by atoms with Gasteiger partial charge in [-0.25, -0.2) is 0 Å². The van der Waals surface area contributed by atoms with Crippen LogP contribution >= 0.6 is 0 Å². The van der Waals surface area contributed by atoms with Gasteiger partial charge in [-0.1, -0.05) is 0 Å². The lowest BCUT2D eigenvalue weighted by atomic mass is 10.1. The number of fused-ring (bicyclic) bond motifs is 1. The lowest BCUT2D eigenvalue weighted by molar-refractivity contribution is 0.0475. The fourth-order valence-corrected chi connectivity index (χ4v) is 3.71. The molecule has 8 heteroatoms. The second kappa shape index (κ2) is 8.16. The van der Waals surface area contributed by atoms with E-state index in [9.17, 15) is 14.4 Å². The number of carbonyl (C=O) groups is 3. The Balaban J connectivity index is 1.53. The van der Waals surface area contributed by atoms with E-state index in [4.69, 9.17) is 14.2 Å². The summed E-state index contributed by atoms with van der Waals surface area (Å²) in [5.74, 6) is -0.176. The van der Waals surface area contributed by atoms with Crippen LogP contribution in [0.2, 0.25) is 0 Å². The minimum absolute atomic E-state index is 0.117. The van der Waals surface area contributed by atoms with Crippen molar-refractivity contribution >= 4 is 23.4 Å². The number of ether oxygens (including phenoxy) is 3. The Morgan fingerprint density at radius 3 is 2.60 bits per heavy atom. The number of imide groups is 1. The van der Waals surface area contributed by atoms with Crippen molar-refractivity contribution in [2.24, 2.45) is 0 Å². The molecule has 0 aromatic heterocycles. The first kappa shape index (κ1) is 19.9. The first-order valence-electron chi connectivity index (χ1n) is 9.67. The first-order chi connectivity index (χ1) is 14.5. The monoisotopic (exact) mass is 410 g/mol. The fourth-order valence-electron chi connectivity index (χ4n) is 3.71. The molecule has 156 valence electrons. The molecule has 1 N–H and O–H groups in total. The number of anilines is 1. The predicted molar refractivity (Wildman–Crippen MR) is 108 cm³/mol. The number of benzene rings is 2. The summed E-state index contributed by atoms with van der Waals surface area (Å²) in [6, 6.07) is 9.56. The normalized spacial score (nSPS) is 17.8. The fraction of sp³-hybridized carbons (Fsp3) is 0.318. The SMILES string of the molecule is COc1ccc(C(=O)Nc2ccc3c(c2)C(=O)N(CC2CCCO2)C3=O)c(OC)c1. The summed E-state index contributed by atoms with van der Waals surface area (Å²) >= 11 is 0. The summed E-state index contributed by atoms with van der Waals surface area (Å²) in [7, 11) is 2.99. The van der Waals surface area contributed by atoms with Gasteiger partial charge in [-0.15, -0.1) is 0 Å². The topological polar surface area (TPSA) is 94.2 Å². The Morgan fingerprint density at radius 1 is 1.10 bits per heavy atom. The smallest absolute Gasteiger partial charge is 0.261 e. The number of nitrogens with zero attached hydrogens (tertiary/aromatic N) is 1. The molecule has 2 heterocycles. The minimum Gasteiger partial charge on any atom is -0.497 e. The van der Waals surface area contributed by atoms with Gasteiger partial charge in [0.2, 0.25) is 0 Å². The summed E-state index contributed by atoms with van der Waals surface area (Å²) in [6.45, 7) is 0.899. The van der Waals surface area contributed by atoms with Crippen molar-refractivity contribution in [1.29, 1.82) is 0 Å². The van der Waals surface area contributed by atoms with Crippen molar-refractivity contribution in [3.63, 3.8) is 0 Å². The lowest BCUT2D eigenvalue weighted by Gasteiger charge is -2.17. The van der Waals surface area contributed by atoms with E-state index >= 15 is 0 Å². The van der Waals surface area contributed by atoms with Crippen LogP contribution < -0.4 is 14.8 Å². The Labute approximate surface area is 173 Å². The quantitative estimate of drug-likeness (QED) is 0.736. The lowest BCUT2D eigenvalue weighted by Crippen LogP contribution is -2.36. The molecule has 2 aromatic rings. The van der Waals surface area contributed by atoms with E-state index in [1.807, 2.05) is 0 Å². The van der Waals surface area contributed by atoms with Gasteiger partial charge in [0, 0.05) is 18.4 Å². The average Bonchev–Trinajstić information content (AvgIpc) is 3.36. The highest BCUT2D eigenvalue weighted by Crippen LogP contribution is 2.29. The van der Waals surface area contributed by atoms with Crippen LogP contribution in [-0.2, 0) is 4.74 Å². The van der Waals surface area contributed by atoms with Gasteiger partial charge in [-0.3, -0.25) is 19.3 Å². The Morgan fingerprint density at radius 2 is 1.90 bits per heavy atom. The number of amides is 3. The van der Waals surface area contributed by atoms with Crippen LogP contribution in [0.25, 0.3) is 0 Å². The van der Waals surface area contributed by atoms with E-state index in [1.54, 1.807) is 30.3 Å². The van der Waals surface area contributed by atoms with Gasteiger partial charge in [0.25, 0.3) is 17.7 Å². The molecule has 2 aliphatic heterocycles. The summed E-state index contributed by atoms with van der Waals surface area (Å²) in [4.78, 5) is 39.3. The van der Waals surface area contributed by atoms with Crippen LogP contribution in [0.5, 0.6) is 11.5 Å². The van der Waals surface area contributed by atoms with Crippen LogP contribution in [0.3, 0.4) is 0 Å². The largest absolute Gasteiger partial charge is 0.497 e. The van der Waals surface area contributed by atoms with Gasteiger partial charge in [0.05, 0.1) is 43.6 Å². The van der Waals surface area contributed by atoms with Crippen molar-refractivity contribution in [2.75, 3.05) is 32.7 Å². The van der Waals surface area contributed by atoms with Gasteiger partial charge < -0.3 is 19.5 Å². The summed E-state index contributed by atoms with van der Waals surface area (Å²) < 4.78 is 16.0. The van der Waals surface area contributed by atoms with Gasteiger partial charge in [-0.05, 0) is 43.2 Å². The Bertz CT molecular complexity index is 1010. The molecule has 2 aromatic carbocycles. The second-order valence-corrected chi connectivity index (χ2v) is 7.14. The van der Waals surface area contributed by atoms with E-state index in [0.717, 1.165) is 12.8 Å². The molecule has 2 aliphatic rings. The molecule has 0 aliphatic carbocycles. The molecular weight excluding hydrogens is 388 g/mol. The summed E-state index contributed by atoms with van der Waals surface area (Å²) in [6.07, 6.45) is 1.64. The molecule has 0 bridgehead atoms. The highest BCUT2D eigenvalue weighted by molar-refractivity contribution is 6.22. The maximum absolute atomic E-state index is 12.8. The Hall–Kier alpha value is -3.39. The number of nitrogens with one attached hydrogen (secondary N) is 1. The number of rotatable bonds is 6. The van der Waals surface area contributed by atoms with Gasteiger partial charge in [-0.2, -0.15) is 0 Å². The number of hydrogen-bond acceptors (Lipinski definition) is 6. The zero-order valence-electron chi connectivity index (χ0n) is 16.8. The van der Waals surface area contributed by atoms with E-state index in [-0.39, 0.29) is 30.0 Å². The van der Waals surface area contributed by atoms with Crippen molar-refractivity contribution in [3.05, 3.63) is 53.1 Å². The molecule has 0 saturated carbocycles. The molecular formula is C22H22N2O6. The van der Waals surface area contributed by atoms with Crippen molar-refractivity contribution in [3.8, 4) is 11.5 Å². The molecule has 1 atom stereocenters. The number of carbonyl (C=O) groups excluding carboxylic acids is 3. The van der Waals surface area contributed by atoms with E-state index < -0.39 is 5.91 Å². The highest BCUT2D eigenvalue weighted by atomic mass is 16.5. The predicted octanol–water partition coefficient (Wildman–Crippen LogP) is 2.73. The molecule has 3 amide bonds.